The van der Waals surface area contributed by atoms with Crippen LogP contribution in [0, 0.1) is 17.0 Å². The number of nitro groups is 1. The van der Waals surface area contributed by atoms with Crippen molar-refractivity contribution in [2.45, 2.75) is 11.8 Å². The van der Waals surface area contributed by atoms with E-state index in [4.69, 9.17) is 15.8 Å². The molecule has 0 aliphatic carbocycles. The Kier molecular flexibility index (Phi) is 6.92. The highest BCUT2D eigenvalue weighted by Gasteiger charge is 2.25. The van der Waals surface area contributed by atoms with Crippen LogP contribution in [0.15, 0.2) is 81.5 Å². The van der Waals surface area contributed by atoms with Gasteiger partial charge in [-0.15, -0.1) is 0 Å². The third-order valence-electron chi connectivity index (χ3n) is 4.68. The number of hydrogen-bond acceptors (Lipinski definition) is 8. The zero-order chi connectivity index (χ0) is 25.2. The van der Waals surface area contributed by atoms with Gasteiger partial charge >= 0.3 is 10.1 Å². The van der Waals surface area contributed by atoms with Crippen molar-refractivity contribution >= 4 is 62.0 Å². The minimum absolute atomic E-state index is 0.0229. The number of rotatable bonds is 6. The van der Waals surface area contributed by atoms with Crippen molar-refractivity contribution in [1.29, 1.82) is 0 Å². The van der Waals surface area contributed by atoms with Crippen LogP contribution >= 0.6 is 23.4 Å². The Labute approximate surface area is 209 Å². The first-order valence-electron chi connectivity index (χ1n) is 9.95. The molecule has 4 rings (SSSR count). The molecule has 35 heavy (non-hydrogen) atoms. The van der Waals surface area contributed by atoms with Gasteiger partial charge < -0.3 is 9.50 Å². The fraction of sp³-hybridized carbons (Fsp3) is 0.0435. The molecule has 0 bridgehead atoms. The number of amides is 1. The van der Waals surface area contributed by atoms with Crippen LogP contribution in [0.5, 0.6) is 5.75 Å². The second-order valence-corrected chi connectivity index (χ2v) is 10.3. The first kappa shape index (κ1) is 24.5. The molecule has 1 aliphatic rings. The van der Waals surface area contributed by atoms with Crippen molar-refractivity contribution in [3.8, 4) is 5.75 Å². The van der Waals surface area contributed by atoms with Gasteiger partial charge in [-0.3, -0.25) is 14.9 Å². The van der Waals surface area contributed by atoms with Crippen LogP contribution in [0.2, 0.25) is 5.02 Å². The van der Waals surface area contributed by atoms with Crippen LogP contribution in [0.3, 0.4) is 0 Å². The molecular weight excluding hydrogens is 514 g/mol. The molecule has 1 aliphatic heterocycles. The van der Waals surface area contributed by atoms with Gasteiger partial charge in [0.25, 0.3) is 11.6 Å². The van der Waals surface area contributed by atoms with Gasteiger partial charge in [0.15, 0.2) is 5.17 Å². The predicted octanol–water partition coefficient (Wildman–Crippen LogP) is 5.22. The molecule has 3 aromatic rings. The fourth-order valence-corrected chi connectivity index (χ4v) is 4.94. The van der Waals surface area contributed by atoms with E-state index in [2.05, 4.69) is 10.3 Å². The van der Waals surface area contributed by atoms with Crippen LogP contribution in [0.4, 0.5) is 11.4 Å². The average Bonchev–Trinajstić information content (AvgIpc) is 3.13. The highest BCUT2D eigenvalue weighted by molar-refractivity contribution is 8.18. The molecule has 178 valence electrons. The van der Waals surface area contributed by atoms with Crippen molar-refractivity contribution in [3.63, 3.8) is 0 Å². The van der Waals surface area contributed by atoms with E-state index in [-0.39, 0.29) is 37.1 Å². The second kappa shape index (κ2) is 9.90. The predicted molar refractivity (Wildman–Crippen MR) is 134 cm³/mol. The van der Waals surface area contributed by atoms with Gasteiger partial charge in [-0.1, -0.05) is 41.4 Å². The largest absolute Gasteiger partial charge is 0.379 e. The number of thioether (sulfide) groups is 1. The van der Waals surface area contributed by atoms with Gasteiger partial charge in [-0.25, -0.2) is 4.99 Å². The number of halogens is 1. The number of aliphatic imine (C=N–C) groups is 1. The van der Waals surface area contributed by atoms with Gasteiger partial charge in [0.2, 0.25) is 0 Å². The molecule has 0 saturated carbocycles. The summed E-state index contributed by atoms with van der Waals surface area (Å²) < 4.78 is 30.4. The molecule has 1 N–H and O–H groups in total. The Balaban J connectivity index is 1.55. The number of hydrogen-bond donors (Lipinski definition) is 1. The highest BCUT2D eigenvalue weighted by atomic mass is 35.5. The molecule has 9 nitrogen and oxygen atoms in total. The second-order valence-electron chi connectivity index (χ2n) is 7.29. The quantitative estimate of drug-likeness (QED) is 0.201. The monoisotopic (exact) mass is 529 g/mol. The van der Waals surface area contributed by atoms with Crippen molar-refractivity contribution < 1.29 is 22.3 Å². The summed E-state index contributed by atoms with van der Waals surface area (Å²) in [6.07, 6.45) is 1.53. The Bertz CT molecular complexity index is 1500. The summed E-state index contributed by atoms with van der Waals surface area (Å²) in [7, 11) is -4.03. The first-order valence-corrected chi connectivity index (χ1v) is 12.6. The topological polar surface area (TPSA) is 128 Å². The fourth-order valence-electron chi connectivity index (χ4n) is 3.01. The number of aryl methyl sites for hydroxylation is 1. The van der Waals surface area contributed by atoms with E-state index in [1.54, 1.807) is 24.3 Å². The molecule has 0 radical (unpaired) electrons. The summed E-state index contributed by atoms with van der Waals surface area (Å²) in [5, 5.41) is 14.2. The van der Waals surface area contributed by atoms with E-state index in [9.17, 15) is 23.3 Å². The highest BCUT2D eigenvalue weighted by Crippen LogP contribution is 2.34. The summed E-state index contributed by atoms with van der Waals surface area (Å²) in [6, 6.07) is 16.5. The number of benzene rings is 3. The lowest BCUT2D eigenvalue weighted by Gasteiger charge is -2.08. The van der Waals surface area contributed by atoms with Crippen LogP contribution in [0.1, 0.15) is 11.1 Å². The number of nitro benzene ring substituents is 1. The lowest BCUT2D eigenvalue weighted by atomic mass is 10.2. The number of amidine groups is 1. The minimum Gasteiger partial charge on any atom is -0.379 e. The van der Waals surface area contributed by atoms with Gasteiger partial charge in [-0.05, 0) is 66.7 Å². The van der Waals surface area contributed by atoms with E-state index >= 15 is 0 Å². The van der Waals surface area contributed by atoms with E-state index in [0.29, 0.717) is 5.56 Å². The molecule has 12 heteroatoms. The number of nitrogens with one attached hydrogen (secondary N) is 1. The molecular formula is C23H16ClN3O6S2. The van der Waals surface area contributed by atoms with Crippen LogP contribution in [-0.2, 0) is 14.9 Å². The van der Waals surface area contributed by atoms with Crippen LogP contribution in [-0.4, -0.2) is 24.4 Å². The lowest BCUT2D eigenvalue weighted by molar-refractivity contribution is -0.384. The molecule has 0 aromatic heterocycles. The molecule has 0 atom stereocenters. The third-order valence-corrected chi connectivity index (χ3v) is 7.08. The molecule has 1 fully saturated rings. The Hall–Kier alpha value is -3.67. The smallest absolute Gasteiger partial charge is 0.339 e. The Morgan fingerprint density at radius 2 is 1.86 bits per heavy atom. The maximum Gasteiger partial charge on any atom is 0.339 e. The summed E-state index contributed by atoms with van der Waals surface area (Å²) in [6.45, 7) is 1.85. The number of nitrogens with zero attached hydrogens (tertiary/aromatic N) is 2. The molecule has 1 saturated heterocycles. The van der Waals surface area contributed by atoms with Crippen molar-refractivity contribution in [1.82, 2.24) is 5.32 Å². The minimum atomic E-state index is -4.03. The molecule has 3 aromatic carbocycles. The van der Waals surface area contributed by atoms with E-state index in [1.165, 1.54) is 48.5 Å². The van der Waals surface area contributed by atoms with Crippen LogP contribution in [0.25, 0.3) is 6.08 Å². The van der Waals surface area contributed by atoms with Gasteiger partial charge in [0.1, 0.15) is 16.3 Å². The molecule has 1 heterocycles. The van der Waals surface area contributed by atoms with Crippen molar-refractivity contribution in [3.05, 3.63) is 97.9 Å². The van der Waals surface area contributed by atoms with Crippen molar-refractivity contribution in [2.24, 2.45) is 4.99 Å². The zero-order valence-corrected chi connectivity index (χ0v) is 20.4. The number of carbonyl (C=O) groups excluding carboxylic acids is 1. The summed E-state index contributed by atoms with van der Waals surface area (Å²) in [4.78, 5) is 27.5. The average molecular weight is 530 g/mol. The van der Waals surface area contributed by atoms with Gasteiger partial charge in [0, 0.05) is 11.1 Å². The first-order chi connectivity index (χ1) is 16.6. The SMILES string of the molecule is Cc1ccc(S(=O)(=O)Oc2cccc(/C=C3/SC(=Nc4ccc(Cl)cc4[N+](=O)[O-])NC3=O)c2)cc1. The molecule has 1 amide bonds. The van der Waals surface area contributed by atoms with E-state index in [0.717, 1.165) is 17.3 Å². The lowest BCUT2D eigenvalue weighted by Crippen LogP contribution is -2.19. The molecule has 0 unspecified atom stereocenters. The van der Waals surface area contributed by atoms with Gasteiger partial charge in [0.05, 0.1) is 9.83 Å². The third kappa shape index (κ3) is 5.88. The van der Waals surface area contributed by atoms with E-state index < -0.39 is 20.9 Å². The Morgan fingerprint density at radius 3 is 2.57 bits per heavy atom. The maximum atomic E-state index is 12.6. The summed E-state index contributed by atoms with van der Waals surface area (Å²) in [5.74, 6) is -0.377. The Morgan fingerprint density at radius 1 is 1.11 bits per heavy atom. The zero-order valence-electron chi connectivity index (χ0n) is 18.0. The van der Waals surface area contributed by atoms with E-state index in [1.807, 2.05) is 6.92 Å². The summed E-state index contributed by atoms with van der Waals surface area (Å²) in [5.41, 5.74) is 1.17. The summed E-state index contributed by atoms with van der Waals surface area (Å²) >= 11 is 6.81. The molecule has 0 spiro atoms. The number of carbonyl (C=O) groups is 1. The van der Waals surface area contributed by atoms with Crippen molar-refractivity contribution in [2.75, 3.05) is 0 Å². The maximum absolute atomic E-state index is 12.6. The van der Waals surface area contributed by atoms with Gasteiger partial charge in [-0.2, -0.15) is 8.42 Å². The standard InChI is InChI=1S/C23H16ClN3O6S2/c1-14-5-8-18(9-6-14)35(31,32)33-17-4-2-3-15(11-17)12-21-22(28)26-23(34-21)25-19-10-7-16(24)13-20(19)27(29)30/h2-13H,1H3,(H,25,26,28)/b21-12+. The normalized spacial score (nSPS) is 15.9. The van der Waals surface area contributed by atoms with Crippen LogP contribution < -0.4 is 9.50 Å².